The monoisotopic (exact) mass is 644 g/mol. The first-order valence-electron chi connectivity index (χ1n) is 11.8. The molecule has 0 amide bonds. The summed E-state index contributed by atoms with van der Waals surface area (Å²) in [6.45, 7) is 32.2. The molecule has 0 unspecified atom stereocenters. The van der Waals surface area contributed by atoms with Crippen molar-refractivity contribution in [1.82, 2.24) is 0 Å². The van der Waals surface area contributed by atoms with Crippen LogP contribution in [0.5, 0.6) is 0 Å². The van der Waals surface area contributed by atoms with Gasteiger partial charge in [0, 0.05) is 0 Å². The van der Waals surface area contributed by atoms with Gasteiger partial charge in [0.05, 0.1) is 0 Å². The second-order valence-electron chi connectivity index (χ2n) is 14.9. The summed E-state index contributed by atoms with van der Waals surface area (Å²) in [7, 11) is -4.72. The fraction of sp³-hybridized carbons (Fsp3) is 0.667. The Hall–Kier alpha value is 1.51. The molecule has 0 bridgehead atoms. The van der Waals surface area contributed by atoms with Gasteiger partial charge in [0.2, 0.25) is 0 Å². The van der Waals surface area contributed by atoms with Crippen molar-refractivity contribution in [2.75, 3.05) is 0 Å². The SMILES string of the molecule is C[Si](C)(C)C=C[C](=CC[Si](C)(C)C)[Zr]([CH3])([CH3])(=[SiH2])[C](C=C[Si](C)(C)C)=CC[Si](C)(C)C.Cl.Cl. The van der Waals surface area contributed by atoms with E-state index in [1.54, 1.807) is 6.56 Å². The van der Waals surface area contributed by atoms with E-state index in [0.717, 1.165) is 0 Å². The third-order valence-electron chi connectivity index (χ3n) is 5.25. The van der Waals surface area contributed by atoms with E-state index in [4.69, 9.17) is 0 Å². The number of hydrogen-bond donors (Lipinski definition) is 0. The van der Waals surface area contributed by atoms with Crippen molar-refractivity contribution in [3.05, 3.63) is 42.3 Å². The molecule has 8 heteroatoms. The Morgan fingerprint density at radius 3 is 1.03 bits per heavy atom. The molecule has 0 atom stereocenters. The average molecular weight is 647 g/mol. The molecular weight excluding hydrogens is 591 g/mol. The molecule has 0 saturated heterocycles. The van der Waals surface area contributed by atoms with Gasteiger partial charge in [0.15, 0.2) is 0 Å². The van der Waals surface area contributed by atoms with E-state index in [1.807, 2.05) is 0 Å². The molecule has 0 aromatic carbocycles. The van der Waals surface area contributed by atoms with Crippen LogP contribution in [0, 0.1) is 0 Å². The van der Waals surface area contributed by atoms with Crippen LogP contribution in [0.2, 0.25) is 99.9 Å². The van der Waals surface area contributed by atoms with Crippen LogP contribution in [0.3, 0.4) is 0 Å². The van der Waals surface area contributed by atoms with Crippen molar-refractivity contribution in [3.8, 4) is 0 Å². The predicted octanol–water partition coefficient (Wildman–Crippen LogP) is 9.48. The van der Waals surface area contributed by atoms with Crippen molar-refractivity contribution in [2.24, 2.45) is 0 Å². The molecule has 0 aromatic rings. The van der Waals surface area contributed by atoms with Gasteiger partial charge in [0.25, 0.3) is 0 Å². The molecule has 0 fully saturated rings. The third kappa shape index (κ3) is 17.0. The summed E-state index contributed by atoms with van der Waals surface area (Å²) in [4.78, 5) is 0. The first kappa shape index (κ1) is 38.0. The van der Waals surface area contributed by atoms with Crippen molar-refractivity contribution in [2.45, 2.75) is 99.9 Å². The van der Waals surface area contributed by atoms with Gasteiger partial charge >= 0.3 is 199 Å². The Morgan fingerprint density at radius 1 is 0.594 bits per heavy atom. The summed E-state index contributed by atoms with van der Waals surface area (Å²) in [6, 6.07) is 2.59. The first-order chi connectivity index (χ1) is 12.9. The zero-order chi connectivity index (χ0) is 24.3. The van der Waals surface area contributed by atoms with E-state index in [0.29, 0.717) is 0 Å². The minimum absolute atomic E-state index is 0. The third-order valence-corrected chi connectivity index (χ3v) is 26.2. The van der Waals surface area contributed by atoms with Crippen LogP contribution in [-0.4, -0.2) is 39.2 Å². The molecule has 190 valence electrons. The molecule has 0 heterocycles. The fourth-order valence-corrected chi connectivity index (χ4v) is 18.5. The maximum absolute atomic E-state index is 3.28. The van der Waals surface area contributed by atoms with Gasteiger partial charge in [-0.15, -0.1) is 24.8 Å². The molecule has 0 aliphatic rings. The summed E-state index contributed by atoms with van der Waals surface area (Å²) in [5.74, 6) is 0. The Bertz CT molecular complexity index is 715. The van der Waals surface area contributed by atoms with Crippen LogP contribution in [0.15, 0.2) is 42.3 Å². The summed E-state index contributed by atoms with van der Waals surface area (Å²) < 4.78 is 8.83. The van der Waals surface area contributed by atoms with Gasteiger partial charge in [0.1, 0.15) is 0 Å². The molecule has 0 nitrogen and oxygen atoms in total. The summed E-state index contributed by atoms with van der Waals surface area (Å²) in [6.07, 6.45) is 10.6. The van der Waals surface area contributed by atoms with Crippen molar-refractivity contribution in [3.63, 3.8) is 0 Å². The topological polar surface area (TPSA) is 0 Å². The molecule has 0 radical (unpaired) electrons. The molecule has 0 aromatic heterocycles. The molecule has 0 aliphatic carbocycles. The van der Waals surface area contributed by atoms with Gasteiger partial charge in [-0.05, 0) is 0 Å². The molecule has 0 aliphatic heterocycles. The smallest absolute Gasteiger partial charge is 0.147 e. The number of halogens is 2. The average Bonchev–Trinajstić information content (AvgIpc) is 2.40. The molecule has 0 N–H and O–H groups in total. The van der Waals surface area contributed by atoms with Gasteiger partial charge in [-0.25, -0.2) is 0 Å². The van der Waals surface area contributed by atoms with Crippen molar-refractivity contribution < 1.29 is 17.4 Å². The van der Waals surface area contributed by atoms with Crippen LogP contribution < -0.4 is 0 Å². The minimum Gasteiger partial charge on any atom is -0.147 e. The van der Waals surface area contributed by atoms with Crippen LogP contribution >= 0.6 is 24.8 Å². The Balaban J connectivity index is -0.00000420. The second kappa shape index (κ2) is 13.2. The quantitative estimate of drug-likeness (QED) is 0.164. The number of allylic oxidation sites excluding steroid dienone is 6. The van der Waals surface area contributed by atoms with Gasteiger partial charge in [-0.3, -0.25) is 0 Å². The van der Waals surface area contributed by atoms with E-state index in [-0.39, 0.29) is 24.8 Å². The fourth-order valence-electron chi connectivity index (χ4n) is 3.00. The number of rotatable bonds is 10. The summed E-state index contributed by atoms with van der Waals surface area (Å²) >= 11 is -3.28. The van der Waals surface area contributed by atoms with Gasteiger partial charge in [-0.1, -0.05) is 0 Å². The van der Waals surface area contributed by atoms with Crippen LogP contribution in [0.4, 0.5) is 0 Å². The molecule has 0 saturated carbocycles. The normalized spacial score (nSPS) is 15.7. The summed E-state index contributed by atoms with van der Waals surface area (Å²) in [5.41, 5.74) is 5.19. The zero-order valence-corrected chi connectivity index (χ0v) is 33.4. The summed E-state index contributed by atoms with van der Waals surface area (Å²) in [5, 5.41) is 0. The largest absolute Gasteiger partial charge is 0.147 e. The maximum Gasteiger partial charge on any atom is -0.147 e. The first-order valence-corrected chi connectivity index (χ1v) is 39.6. The van der Waals surface area contributed by atoms with E-state index in [1.165, 1.54) is 12.1 Å². The molecule has 0 rings (SSSR count). The Labute approximate surface area is 221 Å². The van der Waals surface area contributed by atoms with E-state index >= 15 is 0 Å². The van der Waals surface area contributed by atoms with Crippen molar-refractivity contribution >= 4 is 64.0 Å². The maximum atomic E-state index is 2.69. The number of hydrogen-bond acceptors (Lipinski definition) is 0. The standard InChI is InChI=1S/2C11H23Si2.2CH3.2ClH.H2Si.Zr/c2*1-12(2,3)10-8-7-9-11-13(4,5)6;;;;;;/h2*8-10H,11H2,1-6H3;2*1H3;2*1H;1H2;. The molecule has 0 spiro atoms. The van der Waals surface area contributed by atoms with Crippen LogP contribution in [0.1, 0.15) is 0 Å². The van der Waals surface area contributed by atoms with Crippen LogP contribution in [0.25, 0.3) is 0 Å². The minimum atomic E-state index is -3.28. The van der Waals surface area contributed by atoms with Gasteiger partial charge in [-0.2, -0.15) is 0 Å². The Morgan fingerprint density at radius 2 is 0.844 bits per heavy atom. The molecular formula is C24H56Cl2Si5Zr. The van der Waals surface area contributed by atoms with E-state index < -0.39 is 49.7 Å². The van der Waals surface area contributed by atoms with E-state index in [9.17, 15) is 0 Å². The predicted molar refractivity (Wildman–Crippen MR) is 172 cm³/mol. The van der Waals surface area contributed by atoms with Gasteiger partial charge < -0.3 is 0 Å². The zero-order valence-electron chi connectivity index (χ0n) is 23.9. The molecule has 32 heavy (non-hydrogen) atoms. The van der Waals surface area contributed by atoms with E-state index in [2.05, 4.69) is 130 Å². The van der Waals surface area contributed by atoms with Crippen molar-refractivity contribution in [1.29, 1.82) is 0 Å². The van der Waals surface area contributed by atoms with Crippen LogP contribution in [-0.2, 0) is 17.4 Å². The Kier molecular flexibility index (Phi) is 15.7. The second-order valence-corrected chi connectivity index (χ2v) is 64.7.